The third kappa shape index (κ3) is 6.85. The zero-order valence-electron chi connectivity index (χ0n) is 22.3. The van der Waals surface area contributed by atoms with Gasteiger partial charge in [-0.25, -0.2) is 14.8 Å². The summed E-state index contributed by atoms with van der Waals surface area (Å²) in [6.45, 7) is 16.3. The summed E-state index contributed by atoms with van der Waals surface area (Å²) in [7, 11) is -0.510. The van der Waals surface area contributed by atoms with E-state index in [9.17, 15) is 9.59 Å². The molecule has 0 spiro atoms. The lowest BCUT2D eigenvalue weighted by Gasteiger charge is -2.36. The van der Waals surface area contributed by atoms with Gasteiger partial charge in [0, 0.05) is 37.0 Å². The molecule has 194 valence electrons. The molecule has 2 fully saturated rings. The number of piperidine rings is 1. The van der Waals surface area contributed by atoms with Gasteiger partial charge in [-0.1, -0.05) is 0 Å². The average molecular weight is 489 g/mol. The van der Waals surface area contributed by atoms with Gasteiger partial charge in [0.1, 0.15) is 11.6 Å². The van der Waals surface area contributed by atoms with E-state index in [4.69, 9.17) is 14.0 Å². The summed E-state index contributed by atoms with van der Waals surface area (Å²) < 4.78 is 17.4. The first-order chi connectivity index (χ1) is 16.2. The highest BCUT2D eigenvalue weighted by molar-refractivity contribution is 6.61. The Balaban J connectivity index is 1.58. The molecule has 0 saturated carbocycles. The standard InChI is InChI=1S/C24H40BN5O5/c1-16(29-21(32)33-22(2,3)4)19(31)26-15-18-11-9-10-12-30(18)20-27-13-17(14-28-20)25-34-23(5,6)24(7,8)35-25/h13-14,16,18H,9-12,15H2,1-8H3,(H,26,31)(H,29,32)/t16-,18+/m0/s1. The number of anilines is 1. The number of aromatic nitrogens is 2. The molecule has 11 heteroatoms. The molecule has 2 saturated heterocycles. The van der Waals surface area contributed by atoms with Crippen molar-refractivity contribution >= 4 is 30.5 Å². The molecular formula is C24H40BN5O5. The van der Waals surface area contributed by atoms with Gasteiger partial charge in [0.05, 0.1) is 11.2 Å². The Kier molecular flexibility index (Phi) is 8.01. The Morgan fingerprint density at radius 2 is 1.77 bits per heavy atom. The molecule has 3 heterocycles. The van der Waals surface area contributed by atoms with E-state index >= 15 is 0 Å². The predicted molar refractivity (Wildman–Crippen MR) is 135 cm³/mol. The van der Waals surface area contributed by atoms with Crippen molar-refractivity contribution in [3.8, 4) is 0 Å². The van der Waals surface area contributed by atoms with E-state index in [1.165, 1.54) is 0 Å². The summed E-state index contributed by atoms with van der Waals surface area (Å²) in [5.41, 5.74) is -0.707. The molecule has 0 unspecified atom stereocenters. The average Bonchev–Trinajstić information content (AvgIpc) is 2.98. The first kappa shape index (κ1) is 27.2. The lowest BCUT2D eigenvalue weighted by Crippen LogP contribution is -2.52. The summed E-state index contributed by atoms with van der Waals surface area (Å²) in [6.07, 6.45) is 5.90. The van der Waals surface area contributed by atoms with Crippen LogP contribution in [0.25, 0.3) is 0 Å². The molecule has 2 aliphatic heterocycles. The monoisotopic (exact) mass is 489 g/mol. The molecule has 0 aliphatic carbocycles. The second-order valence-corrected chi connectivity index (χ2v) is 11.4. The molecule has 2 atom stereocenters. The van der Waals surface area contributed by atoms with Crippen LogP contribution in [0.15, 0.2) is 12.4 Å². The summed E-state index contributed by atoms with van der Waals surface area (Å²) in [5, 5.41) is 5.52. The third-order valence-corrected chi connectivity index (χ3v) is 6.71. The highest BCUT2D eigenvalue weighted by atomic mass is 16.7. The molecule has 35 heavy (non-hydrogen) atoms. The number of ether oxygens (including phenoxy) is 1. The Labute approximate surface area is 209 Å². The molecule has 1 aromatic heterocycles. The fraction of sp³-hybridized carbons (Fsp3) is 0.750. The van der Waals surface area contributed by atoms with Gasteiger partial charge in [0.25, 0.3) is 0 Å². The zero-order chi connectivity index (χ0) is 26.0. The van der Waals surface area contributed by atoms with Crippen molar-refractivity contribution in [1.82, 2.24) is 20.6 Å². The first-order valence-electron chi connectivity index (χ1n) is 12.4. The van der Waals surface area contributed by atoms with Crippen LogP contribution < -0.4 is 21.0 Å². The van der Waals surface area contributed by atoms with Gasteiger partial charge in [0.15, 0.2) is 0 Å². The highest BCUT2D eigenvalue weighted by Crippen LogP contribution is 2.36. The molecular weight excluding hydrogens is 449 g/mol. The molecule has 1 aromatic rings. The van der Waals surface area contributed by atoms with E-state index in [0.29, 0.717) is 12.5 Å². The topological polar surface area (TPSA) is 115 Å². The Bertz CT molecular complexity index is 887. The van der Waals surface area contributed by atoms with E-state index < -0.39 is 36.1 Å². The second-order valence-electron chi connectivity index (χ2n) is 11.4. The van der Waals surface area contributed by atoms with E-state index in [1.807, 2.05) is 27.7 Å². The largest absolute Gasteiger partial charge is 0.498 e. The maximum absolute atomic E-state index is 12.6. The van der Waals surface area contributed by atoms with Crippen LogP contribution in [0, 0.1) is 0 Å². The van der Waals surface area contributed by atoms with Gasteiger partial charge in [-0.3, -0.25) is 4.79 Å². The fourth-order valence-corrected chi connectivity index (χ4v) is 3.98. The number of rotatable bonds is 6. The molecule has 3 rings (SSSR count). The van der Waals surface area contributed by atoms with Crippen LogP contribution >= 0.6 is 0 Å². The second kappa shape index (κ2) is 10.3. The SMILES string of the molecule is C[C@H](NC(=O)OC(C)(C)C)C(=O)NC[C@H]1CCCCN1c1ncc(B2OC(C)(C)C(C)(C)O2)cn1. The van der Waals surface area contributed by atoms with Gasteiger partial charge in [-0.05, 0) is 74.7 Å². The smallest absolute Gasteiger partial charge is 0.444 e. The van der Waals surface area contributed by atoms with Crippen molar-refractivity contribution in [2.45, 2.75) is 104 Å². The van der Waals surface area contributed by atoms with Gasteiger partial charge in [-0.2, -0.15) is 0 Å². The normalized spacial score (nSPS) is 22.5. The van der Waals surface area contributed by atoms with Crippen LogP contribution in [0.5, 0.6) is 0 Å². The minimum Gasteiger partial charge on any atom is -0.444 e. The van der Waals surface area contributed by atoms with Crippen molar-refractivity contribution in [3.05, 3.63) is 12.4 Å². The number of amides is 2. The van der Waals surface area contributed by atoms with Crippen LogP contribution in [0.1, 0.15) is 74.7 Å². The molecule has 2 N–H and O–H groups in total. The van der Waals surface area contributed by atoms with Gasteiger partial charge >= 0.3 is 13.2 Å². The Hall–Kier alpha value is -2.40. The minimum absolute atomic E-state index is 0.0594. The molecule has 10 nitrogen and oxygen atoms in total. The van der Waals surface area contributed by atoms with Gasteiger partial charge in [-0.15, -0.1) is 0 Å². The summed E-state index contributed by atoms with van der Waals surface area (Å²) in [5.74, 6) is 0.350. The van der Waals surface area contributed by atoms with Crippen LogP contribution in [-0.2, 0) is 18.8 Å². The quantitative estimate of drug-likeness (QED) is 0.585. The van der Waals surface area contributed by atoms with Crippen LogP contribution in [-0.4, -0.2) is 71.1 Å². The molecule has 0 bridgehead atoms. The number of hydrogen-bond acceptors (Lipinski definition) is 8. The number of hydrogen-bond donors (Lipinski definition) is 2. The van der Waals surface area contributed by atoms with Gasteiger partial charge in [0.2, 0.25) is 11.9 Å². The number of nitrogens with one attached hydrogen (secondary N) is 2. The Morgan fingerprint density at radius 1 is 1.17 bits per heavy atom. The van der Waals surface area contributed by atoms with E-state index in [-0.39, 0.29) is 11.9 Å². The fourth-order valence-electron chi connectivity index (χ4n) is 3.98. The highest BCUT2D eigenvalue weighted by Gasteiger charge is 2.52. The van der Waals surface area contributed by atoms with Crippen LogP contribution in [0.4, 0.5) is 10.7 Å². The van der Waals surface area contributed by atoms with Crippen molar-refractivity contribution < 1.29 is 23.6 Å². The van der Waals surface area contributed by atoms with Crippen molar-refractivity contribution in [2.24, 2.45) is 0 Å². The van der Waals surface area contributed by atoms with Crippen molar-refractivity contribution in [1.29, 1.82) is 0 Å². The molecule has 2 amide bonds. The maximum atomic E-state index is 12.6. The van der Waals surface area contributed by atoms with E-state index in [2.05, 4.69) is 25.5 Å². The lowest BCUT2D eigenvalue weighted by atomic mass is 9.81. The van der Waals surface area contributed by atoms with Crippen molar-refractivity contribution in [2.75, 3.05) is 18.0 Å². The summed E-state index contributed by atoms with van der Waals surface area (Å²) in [6, 6.07) is -0.651. The maximum Gasteiger partial charge on any atom is 0.498 e. The van der Waals surface area contributed by atoms with E-state index in [1.54, 1.807) is 40.1 Å². The number of nitrogens with zero attached hydrogens (tertiary/aromatic N) is 3. The summed E-state index contributed by atoms with van der Waals surface area (Å²) in [4.78, 5) is 35.8. The number of carbonyl (C=O) groups excluding carboxylic acids is 2. The molecule has 2 aliphatic rings. The van der Waals surface area contributed by atoms with E-state index in [0.717, 1.165) is 31.3 Å². The van der Waals surface area contributed by atoms with Crippen LogP contribution in [0.2, 0.25) is 0 Å². The molecule has 0 radical (unpaired) electrons. The van der Waals surface area contributed by atoms with Crippen LogP contribution in [0.3, 0.4) is 0 Å². The zero-order valence-corrected chi connectivity index (χ0v) is 22.3. The summed E-state index contributed by atoms with van der Waals surface area (Å²) >= 11 is 0. The first-order valence-corrected chi connectivity index (χ1v) is 12.4. The minimum atomic E-state index is -0.711. The number of alkyl carbamates (subject to hydrolysis) is 1. The third-order valence-electron chi connectivity index (χ3n) is 6.71. The molecule has 0 aromatic carbocycles. The lowest BCUT2D eigenvalue weighted by molar-refractivity contribution is -0.122. The van der Waals surface area contributed by atoms with Gasteiger partial charge < -0.3 is 29.6 Å². The number of carbonyl (C=O) groups is 2. The predicted octanol–water partition coefficient (Wildman–Crippen LogP) is 2.16. The Morgan fingerprint density at radius 3 is 2.34 bits per heavy atom. The van der Waals surface area contributed by atoms with Crippen molar-refractivity contribution in [3.63, 3.8) is 0 Å².